The van der Waals surface area contributed by atoms with Gasteiger partial charge in [-0.25, -0.2) is 14.6 Å². The van der Waals surface area contributed by atoms with E-state index in [1.165, 1.54) is 23.2 Å². The van der Waals surface area contributed by atoms with Crippen LogP contribution in [0.25, 0.3) is 0 Å². The molecule has 1 saturated heterocycles. The van der Waals surface area contributed by atoms with Crippen molar-refractivity contribution in [2.45, 2.75) is 13.0 Å². The number of amides is 3. The van der Waals surface area contributed by atoms with E-state index < -0.39 is 18.0 Å². The Morgan fingerprint density at radius 1 is 1.55 bits per heavy atom. The van der Waals surface area contributed by atoms with Gasteiger partial charge < -0.3 is 20.6 Å². The number of aromatic carboxylic acids is 1. The van der Waals surface area contributed by atoms with Crippen LogP contribution < -0.4 is 10.6 Å². The normalized spacial score (nSPS) is 18.4. The molecule has 0 spiro atoms. The van der Waals surface area contributed by atoms with Gasteiger partial charge in [-0.3, -0.25) is 4.79 Å². The smallest absolute Gasteiger partial charge is 0.356 e. The number of rotatable bonds is 2. The van der Waals surface area contributed by atoms with Crippen LogP contribution in [0, 0.1) is 0 Å². The fourth-order valence-electron chi connectivity index (χ4n) is 1.92. The first-order valence-corrected chi connectivity index (χ1v) is 6.04. The standard InChI is InChI=1S/C12H14N4O4/c1-7-10(17)14-5-6-16(7)12(20)15-8-3-2-4-13-9(8)11(18)19/h2-4,7H,5-6H2,1H3,(H,14,17)(H,15,20)(H,18,19). The third kappa shape index (κ3) is 2.68. The fourth-order valence-corrected chi connectivity index (χ4v) is 1.92. The molecule has 1 aromatic heterocycles. The number of carbonyl (C=O) groups excluding carboxylic acids is 2. The van der Waals surface area contributed by atoms with Crippen LogP contribution in [0.5, 0.6) is 0 Å². The van der Waals surface area contributed by atoms with Crippen molar-refractivity contribution in [3.05, 3.63) is 24.0 Å². The van der Waals surface area contributed by atoms with Crippen molar-refractivity contribution in [3.63, 3.8) is 0 Å². The SMILES string of the molecule is CC1C(=O)NCCN1C(=O)Nc1cccnc1C(=O)O. The first-order valence-electron chi connectivity index (χ1n) is 6.04. The van der Waals surface area contributed by atoms with Crippen molar-refractivity contribution in [3.8, 4) is 0 Å². The molecule has 20 heavy (non-hydrogen) atoms. The van der Waals surface area contributed by atoms with Gasteiger partial charge in [-0.2, -0.15) is 0 Å². The second-order valence-electron chi connectivity index (χ2n) is 4.30. The Morgan fingerprint density at radius 3 is 3.00 bits per heavy atom. The van der Waals surface area contributed by atoms with Crippen molar-refractivity contribution in [2.75, 3.05) is 18.4 Å². The second kappa shape index (κ2) is 5.55. The number of urea groups is 1. The summed E-state index contributed by atoms with van der Waals surface area (Å²) in [7, 11) is 0. The number of pyridine rings is 1. The minimum atomic E-state index is -1.23. The molecule has 0 bridgehead atoms. The van der Waals surface area contributed by atoms with Crippen LogP contribution in [0.15, 0.2) is 18.3 Å². The van der Waals surface area contributed by atoms with Crippen LogP contribution in [-0.2, 0) is 4.79 Å². The van der Waals surface area contributed by atoms with E-state index in [4.69, 9.17) is 5.11 Å². The summed E-state index contributed by atoms with van der Waals surface area (Å²) in [6.45, 7) is 2.34. The lowest BCUT2D eigenvalue weighted by atomic mass is 10.2. The van der Waals surface area contributed by atoms with Gasteiger partial charge in [0.1, 0.15) is 6.04 Å². The summed E-state index contributed by atoms with van der Waals surface area (Å²) in [6, 6.07) is 1.84. The molecule has 8 nitrogen and oxygen atoms in total. The predicted octanol–water partition coefficient (Wildman–Crippen LogP) is 0.132. The molecule has 2 rings (SSSR count). The second-order valence-corrected chi connectivity index (χ2v) is 4.30. The Labute approximate surface area is 114 Å². The van der Waals surface area contributed by atoms with Crippen molar-refractivity contribution < 1.29 is 19.5 Å². The fraction of sp³-hybridized carbons (Fsp3) is 0.333. The van der Waals surface area contributed by atoms with Gasteiger partial charge in [-0.1, -0.05) is 0 Å². The number of hydrogen-bond acceptors (Lipinski definition) is 4. The molecule has 2 heterocycles. The average Bonchev–Trinajstić information content (AvgIpc) is 2.42. The van der Waals surface area contributed by atoms with E-state index >= 15 is 0 Å². The molecule has 1 fully saturated rings. The Hall–Kier alpha value is -2.64. The highest BCUT2D eigenvalue weighted by Gasteiger charge is 2.29. The van der Waals surface area contributed by atoms with Gasteiger partial charge in [-0.05, 0) is 19.1 Å². The van der Waals surface area contributed by atoms with E-state index in [2.05, 4.69) is 15.6 Å². The number of piperazine rings is 1. The maximum absolute atomic E-state index is 12.1. The maximum atomic E-state index is 12.1. The average molecular weight is 278 g/mol. The monoisotopic (exact) mass is 278 g/mol. The minimum Gasteiger partial charge on any atom is -0.476 e. The van der Waals surface area contributed by atoms with Crippen LogP contribution in [-0.4, -0.2) is 52.0 Å². The number of aromatic nitrogens is 1. The highest BCUT2D eigenvalue weighted by atomic mass is 16.4. The van der Waals surface area contributed by atoms with Crippen LogP contribution in [0.3, 0.4) is 0 Å². The van der Waals surface area contributed by atoms with E-state index in [9.17, 15) is 14.4 Å². The van der Waals surface area contributed by atoms with Crippen molar-refractivity contribution in [1.82, 2.24) is 15.2 Å². The Morgan fingerprint density at radius 2 is 2.30 bits per heavy atom. The number of nitrogens with one attached hydrogen (secondary N) is 2. The zero-order valence-corrected chi connectivity index (χ0v) is 10.8. The first-order chi connectivity index (χ1) is 9.50. The molecule has 1 aliphatic heterocycles. The maximum Gasteiger partial charge on any atom is 0.356 e. The molecule has 8 heteroatoms. The molecule has 3 N–H and O–H groups in total. The van der Waals surface area contributed by atoms with Gasteiger partial charge in [-0.15, -0.1) is 0 Å². The van der Waals surface area contributed by atoms with Crippen molar-refractivity contribution in [1.29, 1.82) is 0 Å². The summed E-state index contributed by atoms with van der Waals surface area (Å²) in [4.78, 5) is 39.7. The van der Waals surface area contributed by atoms with Crippen LogP contribution in [0.4, 0.5) is 10.5 Å². The highest BCUT2D eigenvalue weighted by Crippen LogP contribution is 2.14. The quantitative estimate of drug-likeness (QED) is 0.712. The molecule has 1 aliphatic rings. The molecule has 106 valence electrons. The van der Waals surface area contributed by atoms with Crippen LogP contribution in [0.2, 0.25) is 0 Å². The topological polar surface area (TPSA) is 112 Å². The van der Waals surface area contributed by atoms with Gasteiger partial charge in [0.2, 0.25) is 5.91 Å². The largest absolute Gasteiger partial charge is 0.476 e. The number of hydrogen-bond donors (Lipinski definition) is 3. The van der Waals surface area contributed by atoms with Gasteiger partial charge >= 0.3 is 12.0 Å². The third-order valence-electron chi connectivity index (χ3n) is 3.01. The molecule has 1 atom stereocenters. The predicted molar refractivity (Wildman–Crippen MR) is 69.4 cm³/mol. The summed E-state index contributed by atoms with van der Waals surface area (Å²) in [5, 5.41) is 14.1. The number of carbonyl (C=O) groups is 3. The first kappa shape index (κ1) is 13.8. The summed E-state index contributed by atoms with van der Waals surface area (Å²) in [5.74, 6) is -1.47. The summed E-state index contributed by atoms with van der Waals surface area (Å²) >= 11 is 0. The zero-order valence-electron chi connectivity index (χ0n) is 10.8. The summed E-state index contributed by atoms with van der Waals surface area (Å²) in [6.07, 6.45) is 1.33. The van der Waals surface area contributed by atoms with Gasteiger partial charge in [0, 0.05) is 19.3 Å². The number of nitrogens with zero attached hydrogens (tertiary/aromatic N) is 2. The number of anilines is 1. The number of carboxylic acid groups (broad SMARTS) is 1. The summed E-state index contributed by atoms with van der Waals surface area (Å²) in [5.41, 5.74) is -0.141. The van der Waals surface area contributed by atoms with Crippen LogP contribution in [0.1, 0.15) is 17.4 Å². The lowest BCUT2D eigenvalue weighted by Gasteiger charge is -2.32. The molecular weight excluding hydrogens is 264 g/mol. The third-order valence-corrected chi connectivity index (χ3v) is 3.01. The van der Waals surface area contributed by atoms with Gasteiger partial charge in [0.15, 0.2) is 5.69 Å². The summed E-state index contributed by atoms with van der Waals surface area (Å²) < 4.78 is 0. The molecule has 0 aromatic carbocycles. The molecule has 3 amide bonds. The van der Waals surface area contributed by atoms with Gasteiger partial charge in [0.25, 0.3) is 0 Å². The number of carboxylic acids is 1. The Balaban J connectivity index is 2.16. The Bertz CT molecular complexity index is 560. The van der Waals surface area contributed by atoms with Gasteiger partial charge in [0.05, 0.1) is 5.69 Å². The molecular formula is C12H14N4O4. The molecule has 0 radical (unpaired) electrons. The minimum absolute atomic E-state index is 0.100. The van der Waals surface area contributed by atoms with E-state index in [-0.39, 0.29) is 17.3 Å². The van der Waals surface area contributed by atoms with Crippen molar-refractivity contribution >= 4 is 23.6 Å². The Kier molecular flexibility index (Phi) is 3.83. The molecule has 0 saturated carbocycles. The highest BCUT2D eigenvalue weighted by molar-refractivity contribution is 6.00. The van der Waals surface area contributed by atoms with E-state index in [0.717, 1.165) is 0 Å². The van der Waals surface area contributed by atoms with Crippen LogP contribution >= 0.6 is 0 Å². The zero-order chi connectivity index (χ0) is 14.7. The lowest BCUT2D eigenvalue weighted by Crippen LogP contribution is -2.56. The molecule has 1 unspecified atom stereocenters. The van der Waals surface area contributed by atoms with E-state index in [1.807, 2.05) is 0 Å². The lowest BCUT2D eigenvalue weighted by molar-refractivity contribution is -0.126. The van der Waals surface area contributed by atoms with E-state index in [1.54, 1.807) is 6.92 Å². The van der Waals surface area contributed by atoms with E-state index in [0.29, 0.717) is 13.1 Å². The molecule has 1 aromatic rings. The molecule has 0 aliphatic carbocycles. The van der Waals surface area contributed by atoms with Crippen molar-refractivity contribution in [2.24, 2.45) is 0 Å².